The maximum atomic E-state index is 5.32. The van der Waals surface area contributed by atoms with E-state index in [1.165, 1.54) is 37.7 Å². The Hall–Kier alpha value is -0.300. The summed E-state index contributed by atoms with van der Waals surface area (Å²) in [6.45, 7) is 3.65. The molecule has 0 aromatic carbocycles. The molecule has 0 spiro atoms. The van der Waals surface area contributed by atoms with E-state index in [4.69, 9.17) is 4.74 Å². The third-order valence-electron chi connectivity index (χ3n) is 4.34. The van der Waals surface area contributed by atoms with Gasteiger partial charge in [0.15, 0.2) is 5.96 Å². The van der Waals surface area contributed by atoms with Gasteiger partial charge in [0.05, 0.1) is 13.2 Å². The fraction of sp³-hybridized carbons (Fsp3) is 0.812. The predicted octanol–water partition coefficient (Wildman–Crippen LogP) is 3.09. The standard InChI is InChI=1S/C16H29N3O.HI/c1-17-16(18-10-6-14-4-2-3-5-14)19-11-7-15-8-12-20-13-9-15;/h8,14H,2-7,9-13H2,1H3,(H2,17,18,19);1H. The van der Waals surface area contributed by atoms with Gasteiger partial charge >= 0.3 is 0 Å². The van der Waals surface area contributed by atoms with Gasteiger partial charge in [0.1, 0.15) is 0 Å². The fourth-order valence-electron chi connectivity index (χ4n) is 3.05. The highest BCUT2D eigenvalue weighted by atomic mass is 127. The lowest BCUT2D eigenvalue weighted by Crippen LogP contribution is -2.38. The fourth-order valence-corrected chi connectivity index (χ4v) is 3.05. The molecule has 0 unspecified atom stereocenters. The van der Waals surface area contributed by atoms with Crippen LogP contribution in [0.25, 0.3) is 0 Å². The van der Waals surface area contributed by atoms with E-state index in [0.29, 0.717) is 0 Å². The van der Waals surface area contributed by atoms with Crippen molar-refractivity contribution in [3.63, 3.8) is 0 Å². The zero-order valence-electron chi connectivity index (χ0n) is 13.2. The molecule has 1 saturated carbocycles. The van der Waals surface area contributed by atoms with Crippen LogP contribution in [0.2, 0.25) is 0 Å². The molecule has 0 aromatic heterocycles. The molecule has 1 aliphatic carbocycles. The Morgan fingerprint density at radius 3 is 2.71 bits per heavy atom. The number of guanidine groups is 1. The summed E-state index contributed by atoms with van der Waals surface area (Å²) in [5.74, 6) is 1.88. The van der Waals surface area contributed by atoms with Crippen LogP contribution in [0.1, 0.15) is 44.9 Å². The van der Waals surface area contributed by atoms with Crippen molar-refractivity contribution in [1.82, 2.24) is 10.6 Å². The maximum Gasteiger partial charge on any atom is 0.190 e. The highest BCUT2D eigenvalue weighted by Gasteiger charge is 2.14. The van der Waals surface area contributed by atoms with Gasteiger partial charge in [-0.25, -0.2) is 0 Å². The number of nitrogens with one attached hydrogen (secondary N) is 2. The average Bonchev–Trinajstić information content (AvgIpc) is 3.00. The summed E-state index contributed by atoms with van der Waals surface area (Å²) in [7, 11) is 1.85. The second-order valence-corrected chi connectivity index (χ2v) is 5.80. The molecule has 0 radical (unpaired) electrons. The lowest BCUT2D eigenvalue weighted by atomic mass is 10.0. The minimum atomic E-state index is 0. The first-order valence-electron chi connectivity index (χ1n) is 8.08. The quantitative estimate of drug-likeness (QED) is 0.308. The van der Waals surface area contributed by atoms with Crippen molar-refractivity contribution in [3.8, 4) is 0 Å². The van der Waals surface area contributed by atoms with Gasteiger partial charge in [-0.2, -0.15) is 0 Å². The smallest absolute Gasteiger partial charge is 0.190 e. The topological polar surface area (TPSA) is 45.7 Å². The SMILES string of the molecule is CN=C(NCCC1=CCOCC1)NCCC1CCCC1.I. The molecular formula is C16H30IN3O. The number of nitrogens with zero attached hydrogens (tertiary/aromatic N) is 1. The molecule has 1 fully saturated rings. The zero-order chi connectivity index (χ0) is 14.0. The van der Waals surface area contributed by atoms with Crippen LogP contribution in [0.4, 0.5) is 0 Å². The van der Waals surface area contributed by atoms with Crippen molar-refractivity contribution in [2.45, 2.75) is 44.9 Å². The van der Waals surface area contributed by atoms with E-state index in [0.717, 1.165) is 51.0 Å². The van der Waals surface area contributed by atoms with E-state index in [1.54, 1.807) is 0 Å². The first-order chi connectivity index (χ1) is 9.88. The normalized spacial score (nSPS) is 19.9. The molecule has 0 bridgehead atoms. The zero-order valence-corrected chi connectivity index (χ0v) is 15.5. The molecular weight excluding hydrogens is 377 g/mol. The van der Waals surface area contributed by atoms with Crippen LogP contribution in [0.3, 0.4) is 0 Å². The molecule has 21 heavy (non-hydrogen) atoms. The number of halogens is 1. The number of ether oxygens (including phenoxy) is 1. The van der Waals surface area contributed by atoms with Gasteiger partial charge in [-0.05, 0) is 25.2 Å². The summed E-state index contributed by atoms with van der Waals surface area (Å²) in [6, 6.07) is 0. The van der Waals surface area contributed by atoms with Gasteiger partial charge < -0.3 is 15.4 Å². The van der Waals surface area contributed by atoms with Gasteiger partial charge in [0.25, 0.3) is 0 Å². The molecule has 4 nitrogen and oxygen atoms in total. The van der Waals surface area contributed by atoms with Crippen molar-refractivity contribution < 1.29 is 4.74 Å². The van der Waals surface area contributed by atoms with Crippen LogP contribution in [-0.2, 0) is 4.74 Å². The number of rotatable bonds is 6. The van der Waals surface area contributed by atoms with Crippen LogP contribution in [0, 0.1) is 5.92 Å². The van der Waals surface area contributed by atoms with Gasteiger partial charge in [0.2, 0.25) is 0 Å². The van der Waals surface area contributed by atoms with E-state index < -0.39 is 0 Å². The molecule has 0 saturated heterocycles. The number of hydrogen-bond acceptors (Lipinski definition) is 2. The predicted molar refractivity (Wildman–Crippen MR) is 99.5 cm³/mol. The molecule has 0 aromatic rings. The van der Waals surface area contributed by atoms with Crippen LogP contribution < -0.4 is 10.6 Å². The van der Waals surface area contributed by atoms with Crippen LogP contribution >= 0.6 is 24.0 Å². The minimum absolute atomic E-state index is 0. The molecule has 1 aliphatic heterocycles. The second-order valence-electron chi connectivity index (χ2n) is 5.80. The van der Waals surface area contributed by atoms with Crippen LogP contribution in [-0.4, -0.2) is 39.3 Å². The summed E-state index contributed by atoms with van der Waals surface area (Å²) < 4.78 is 5.32. The highest BCUT2D eigenvalue weighted by molar-refractivity contribution is 14.0. The monoisotopic (exact) mass is 407 g/mol. The molecule has 5 heteroatoms. The van der Waals surface area contributed by atoms with Crippen molar-refractivity contribution in [1.29, 1.82) is 0 Å². The molecule has 2 aliphatic rings. The average molecular weight is 407 g/mol. The Morgan fingerprint density at radius 1 is 1.29 bits per heavy atom. The molecule has 2 N–H and O–H groups in total. The Kier molecular flexibility index (Phi) is 10.1. The Morgan fingerprint density at radius 2 is 2.05 bits per heavy atom. The minimum Gasteiger partial charge on any atom is -0.377 e. The maximum absolute atomic E-state index is 5.32. The van der Waals surface area contributed by atoms with Gasteiger partial charge in [0, 0.05) is 20.1 Å². The van der Waals surface area contributed by atoms with Gasteiger partial charge in [-0.1, -0.05) is 37.3 Å². The largest absolute Gasteiger partial charge is 0.377 e. The first kappa shape index (κ1) is 18.7. The number of aliphatic imine (C=N–C) groups is 1. The summed E-state index contributed by atoms with van der Waals surface area (Å²) in [5.41, 5.74) is 1.50. The Bertz CT molecular complexity index is 338. The van der Waals surface area contributed by atoms with Gasteiger partial charge in [-0.3, -0.25) is 4.99 Å². The Balaban J connectivity index is 0.00000220. The third-order valence-corrected chi connectivity index (χ3v) is 4.34. The summed E-state index contributed by atoms with van der Waals surface area (Å²) in [4.78, 5) is 4.29. The molecule has 0 atom stereocenters. The second kappa shape index (κ2) is 11.3. The van der Waals surface area contributed by atoms with E-state index in [-0.39, 0.29) is 24.0 Å². The third kappa shape index (κ3) is 7.49. The highest BCUT2D eigenvalue weighted by Crippen LogP contribution is 2.26. The lowest BCUT2D eigenvalue weighted by Gasteiger charge is -2.16. The van der Waals surface area contributed by atoms with Crippen LogP contribution in [0.15, 0.2) is 16.6 Å². The summed E-state index contributed by atoms with van der Waals surface area (Å²) >= 11 is 0. The number of hydrogen-bond donors (Lipinski definition) is 2. The van der Waals surface area contributed by atoms with E-state index >= 15 is 0 Å². The van der Waals surface area contributed by atoms with Crippen molar-refractivity contribution >= 4 is 29.9 Å². The van der Waals surface area contributed by atoms with Crippen molar-refractivity contribution in [2.75, 3.05) is 33.4 Å². The molecule has 1 heterocycles. The molecule has 2 rings (SSSR count). The summed E-state index contributed by atoms with van der Waals surface area (Å²) in [5, 5.41) is 6.83. The Labute approximate surface area is 146 Å². The molecule has 0 amide bonds. The summed E-state index contributed by atoms with van der Waals surface area (Å²) in [6.07, 6.45) is 11.4. The first-order valence-corrected chi connectivity index (χ1v) is 8.08. The van der Waals surface area contributed by atoms with Crippen LogP contribution in [0.5, 0.6) is 0 Å². The van der Waals surface area contributed by atoms with E-state index in [9.17, 15) is 0 Å². The lowest BCUT2D eigenvalue weighted by molar-refractivity contribution is 0.153. The van der Waals surface area contributed by atoms with Crippen molar-refractivity contribution in [2.24, 2.45) is 10.9 Å². The van der Waals surface area contributed by atoms with Gasteiger partial charge in [-0.15, -0.1) is 24.0 Å². The van der Waals surface area contributed by atoms with E-state index in [2.05, 4.69) is 21.7 Å². The molecule has 122 valence electrons. The van der Waals surface area contributed by atoms with E-state index in [1.807, 2.05) is 7.05 Å². The van der Waals surface area contributed by atoms with Crippen molar-refractivity contribution in [3.05, 3.63) is 11.6 Å².